The van der Waals surface area contributed by atoms with Crippen molar-refractivity contribution in [3.05, 3.63) is 33.9 Å². The van der Waals surface area contributed by atoms with Crippen molar-refractivity contribution in [3.63, 3.8) is 0 Å². The lowest BCUT2D eigenvalue weighted by Crippen LogP contribution is -2.06. The van der Waals surface area contributed by atoms with Crippen LogP contribution in [0.3, 0.4) is 0 Å². The van der Waals surface area contributed by atoms with Crippen LogP contribution < -0.4 is 11.5 Å². The highest BCUT2D eigenvalue weighted by molar-refractivity contribution is 5.51. The quantitative estimate of drug-likeness (QED) is 0.407. The third-order valence-corrected chi connectivity index (χ3v) is 1.70. The minimum Gasteiger partial charge on any atom is -0.399 e. The van der Waals surface area contributed by atoms with Crippen molar-refractivity contribution in [2.45, 2.75) is 13.0 Å². The van der Waals surface area contributed by atoms with Crippen molar-refractivity contribution < 1.29 is 4.92 Å². The molecule has 0 saturated heterocycles. The van der Waals surface area contributed by atoms with Crippen LogP contribution in [0.15, 0.2) is 18.2 Å². The van der Waals surface area contributed by atoms with Gasteiger partial charge in [-0.1, -0.05) is 0 Å². The first-order valence-corrected chi connectivity index (χ1v) is 3.81. The molecule has 1 aromatic rings. The second-order valence-corrected chi connectivity index (χ2v) is 2.90. The summed E-state index contributed by atoms with van der Waals surface area (Å²) < 4.78 is 0. The molecule has 0 aliphatic rings. The number of non-ortho nitro benzene ring substituents is 1. The largest absolute Gasteiger partial charge is 0.399 e. The van der Waals surface area contributed by atoms with Crippen LogP contribution in [0.25, 0.3) is 0 Å². The van der Waals surface area contributed by atoms with Gasteiger partial charge in [0.15, 0.2) is 0 Å². The number of nitrogens with zero attached hydrogens (tertiary/aromatic N) is 1. The predicted molar refractivity (Wildman–Crippen MR) is 50.1 cm³/mol. The lowest BCUT2D eigenvalue weighted by atomic mass is 10.1. The second-order valence-electron chi connectivity index (χ2n) is 2.90. The van der Waals surface area contributed by atoms with Crippen LogP contribution in [-0.4, -0.2) is 4.92 Å². The summed E-state index contributed by atoms with van der Waals surface area (Å²) in [6.07, 6.45) is 0. The van der Waals surface area contributed by atoms with E-state index >= 15 is 0 Å². The number of nitro benzene ring substituents is 1. The molecular formula is C8H11N3O2. The molecule has 0 aliphatic carbocycles. The molecule has 5 nitrogen and oxygen atoms in total. The van der Waals surface area contributed by atoms with Gasteiger partial charge in [-0.25, -0.2) is 0 Å². The van der Waals surface area contributed by atoms with Crippen LogP contribution in [0, 0.1) is 10.1 Å². The van der Waals surface area contributed by atoms with E-state index in [1.807, 2.05) is 0 Å². The first-order valence-electron chi connectivity index (χ1n) is 3.81. The first-order chi connectivity index (χ1) is 6.00. The number of nitro groups is 1. The van der Waals surface area contributed by atoms with Gasteiger partial charge in [0, 0.05) is 23.9 Å². The highest BCUT2D eigenvalue weighted by Crippen LogP contribution is 2.21. The number of nitrogens with two attached hydrogens (primary N) is 2. The Kier molecular flexibility index (Phi) is 2.48. The van der Waals surface area contributed by atoms with E-state index in [-0.39, 0.29) is 11.7 Å². The Labute approximate surface area is 75.5 Å². The minimum absolute atomic E-state index is 0.0210. The molecular weight excluding hydrogens is 170 g/mol. The van der Waals surface area contributed by atoms with Crippen LogP contribution in [0.4, 0.5) is 11.4 Å². The fourth-order valence-electron chi connectivity index (χ4n) is 1.03. The Morgan fingerprint density at radius 3 is 2.54 bits per heavy atom. The van der Waals surface area contributed by atoms with Gasteiger partial charge in [-0.15, -0.1) is 0 Å². The van der Waals surface area contributed by atoms with E-state index in [4.69, 9.17) is 11.5 Å². The Bertz CT molecular complexity index is 336. The normalized spacial score (nSPS) is 12.5. The van der Waals surface area contributed by atoms with E-state index in [1.54, 1.807) is 13.0 Å². The Hall–Kier alpha value is -1.62. The molecule has 4 N–H and O–H groups in total. The van der Waals surface area contributed by atoms with Crippen LogP contribution in [0.2, 0.25) is 0 Å². The molecule has 13 heavy (non-hydrogen) atoms. The number of benzene rings is 1. The summed E-state index contributed by atoms with van der Waals surface area (Å²) in [5, 5.41) is 10.4. The molecule has 0 spiro atoms. The van der Waals surface area contributed by atoms with Crippen LogP contribution in [-0.2, 0) is 0 Å². The van der Waals surface area contributed by atoms with Crippen LogP contribution >= 0.6 is 0 Å². The molecule has 0 radical (unpaired) electrons. The molecule has 0 unspecified atom stereocenters. The zero-order valence-corrected chi connectivity index (χ0v) is 7.23. The SMILES string of the molecule is C[C@@H](N)c1cc(N)cc([N+](=O)[O-])c1. The summed E-state index contributed by atoms with van der Waals surface area (Å²) in [7, 11) is 0. The Balaban J connectivity index is 3.19. The molecule has 1 atom stereocenters. The molecule has 1 aromatic carbocycles. The number of hydrogen-bond acceptors (Lipinski definition) is 4. The van der Waals surface area contributed by atoms with Crippen molar-refractivity contribution in [2.24, 2.45) is 5.73 Å². The van der Waals surface area contributed by atoms with Crippen molar-refractivity contribution in [1.29, 1.82) is 0 Å². The average molecular weight is 181 g/mol. The Morgan fingerprint density at radius 2 is 2.08 bits per heavy atom. The molecule has 0 aromatic heterocycles. The zero-order valence-electron chi connectivity index (χ0n) is 7.23. The summed E-state index contributed by atoms with van der Waals surface area (Å²) in [5.41, 5.74) is 12.1. The third-order valence-electron chi connectivity index (χ3n) is 1.70. The molecule has 0 bridgehead atoms. The predicted octanol–water partition coefficient (Wildman–Crippen LogP) is 1.20. The lowest BCUT2D eigenvalue weighted by molar-refractivity contribution is -0.384. The van der Waals surface area contributed by atoms with E-state index in [1.165, 1.54) is 12.1 Å². The summed E-state index contributed by atoms with van der Waals surface area (Å²) in [4.78, 5) is 9.95. The average Bonchev–Trinajstić information content (AvgIpc) is 2.03. The van der Waals surface area contributed by atoms with Crippen LogP contribution in [0.1, 0.15) is 18.5 Å². The standard InChI is InChI=1S/C8H11N3O2/c1-5(9)6-2-7(10)4-8(3-6)11(12)13/h2-5H,9-10H2,1H3/t5-/m1/s1. The maximum absolute atomic E-state index is 10.4. The van der Waals surface area contributed by atoms with Gasteiger partial charge in [0.25, 0.3) is 5.69 Å². The van der Waals surface area contributed by atoms with Gasteiger partial charge >= 0.3 is 0 Å². The van der Waals surface area contributed by atoms with Gasteiger partial charge in [-0.05, 0) is 18.6 Å². The highest BCUT2D eigenvalue weighted by Gasteiger charge is 2.10. The van der Waals surface area contributed by atoms with Gasteiger partial charge < -0.3 is 11.5 Å². The van der Waals surface area contributed by atoms with Crippen molar-refractivity contribution in [1.82, 2.24) is 0 Å². The Morgan fingerprint density at radius 1 is 1.46 bits per heavy atom. The molecule has 70 valence electrons. The van der Waals surface area contributed by atoms with Crippen molar-refractivity contribution in [3.8, 4) is 0 Å². The highest BCUT2D eigenvalue weighted by atomic mass is 16.6. The molecule has 0 fully saturated rings. The van der Waals surface area contributed by atoms with Gasteiger partial charge in [0.1, 0.15) is 0 Å². The maximum Gasteiger partial charge on any atom is 0.271 e. The zero-order chi connectivity index (χ0) is 10.0. The van der Waals surface area contributed by atoms with Gasteiger partial charge in [0.05, 0.1) is 4.92 Å². The number of rotatable bonds is 2. The van der Waals surface area contributed by atoms with E-state index in [0.29, 0.717) is 11.3 Å². The summed E-state index contributed by atoms with van der Waals surface area (Å²) >= 11 is 0. The minimum atomic E-state index is -0.484. The molecule has 0 saturated carbocycles. The van der Waals surface area contributed by atoms with Gasteiger partial charge in [0.2, 0.25) is 0 Å². The molecule has 1 rings (SSSR count). The van der Waals surface area contributed by atoms with Crippen LogP contribution in [0.5, 0.6) is 0 Å². The molecule has 5 heteroatoms. The first kappa shape index (κ1) is 9.47. The monoisotopic (exact) mass is 181 g/mol. The second kappa shape index (κ2) is 3.40. The smallest absolute Gasteiger partial charge is 0.271 e. The van der Waals surface area contributed by atoms with Crippen molar-refractivity contribution >= 4 is 11.4 Å². The van der Waals surface area contributed by atoms with Gasteiger partial charge in [-0.2, -0.15) is 0 Å². The molecule has 0 aliphatic heterocycles. The maximum atomic E-state index is 10.4. The summed E-state index contributed by atoms with van der Waals surface area (Å²) in [6.45, 7) is 1.75. The van der Waals surface area contributed by atoms with Gasteiger partial charge in [-0.3, -0.25) is 10.1 Å². The van der Waals surface area contributed by atoms with E-state index in [2.05, 4.69) is 0 Å². The third kappa shape index (κ3) is 2.16. The topological polar surface area (TPSA) is 95.2 Å². The van der Waals surface area contributed by atoms with E-state index < -0.39 is 4.92 Å². The number of hydrogen-bond donors (Lipinski definition) is 2. The van der Waals surface area contributed by atoms with E-state index in [0.717, 1.165) is 0 Å². The van der Waals surface area contributed by atoms with E-state index in [9.17, 15) is 10.1 Å². The molecule has 0 heterocycles. The lowest BCUT2D eigenvalue weighted by Gasteiger charge is -2.05. The number of anilines is 1. The number of nitrogen functional groups attached to an aromatic ring is 1. The fraction of sp³-hybridized carbons (Fsp3) is 0.250. The summed E-state index contributed by atoms with van der Waals surface area (Å²) in [5.74, 6) is 0. The summed E-state index contributed by atoms with van der Waals surface area (Å²) in [6, 6.07) is 4.13. The fourth-order valence-corrected chi connectivity index (χ4v) is 1.03. The molecule has 0 amide bonds. The van der Waals surface area contributed by atoms with Crippen molar-refractivity contribution in [2.75, 3.05) is 5.73 Å².